The molecule has 5 unspecified atom stereocenters. The highest BCUT2D eigenvalue weighted by atomic mass is 16.4. The molecule has 0 aliphatic heterocycles. The van der Waals surface area contributed by atoms with Crippen LogP contribution in [0.5, 0.6) is 0 Å². The van der Waals surface area contributed by atoms with Crippen LogP contribution in [0, 0.1) is 22.7 Å². The lowest BCUT2D eigenvalue weighted by Crippen LogP contribution is -2.53. The molecular formula is C20H32O4. The molecule has 24 heavy (non-hydrogen) atoms. The lowest BCUT2D eigenvalue weighted by atomic mass is 9.46. The first-order valence-corrected chi connectivity index (χ1v) is 9.01. The van der Waals surface area contributed by atoms with Crippen LogP contribution in [0.25, 0.3) is 0 Å². The van der Waals surface area contributed by atoms with Gasteiger partial charge in [-0.05, 0) is 62.7 Å². The third-order valence-electron chi connectivity index (χ3n) is 7.03. The van der Waals surface area contributed by atoms with Crippen molar-refractivity contribution in [2.45, 2.75) is 64.4 Å². The molecule has 2 fully saturated rings. The maximum absolute atomic E-state index is 12.0. The molecule has 0 aromatic rings. The zero-order valence-electron chi connectivity index (χ0n) is 15.1. The first-order valence-electron chi connectivity index (χ1n) is 9.01. The first kappa shape index (κ1) is 19.2. The number of aliphatic hydroxyl groups is 2. The Balaban J connectivity index is 2.29. The predicted octanol–water partition coefficient (Wildman–Crippen LogP) is 3.54. The van der Waals surface area contributed by atoms with Gasteiger partial charge in [-0.2, -0.15) is 0 Å². The van der Waals surface area contributed by atoms with Gasteiger partial charge >= 0.3 is 5.97 Å². The summed E-state index contributed by atoms with van der Waals surface area (Å²) in [5.74, 6) is -0.395. The quantitative estimate of drug-likeness (QED) is 0.648. The SMILES string of the molecule is C=CC(O)(CO)CCC1C(=C)CCC2C(C)(C(=O)O)CCCC12C. The van der Waals surface area contributed by atoms with Gasteiger partial charge in [0.25, 0.3) is 0 Å². The Labute approximate surface area is 145 Å². The summed E-state index contributed by atoms with van der Waals surface area (Å²) in [6.45, 7) is 11.6. The number of hydrogen-bond donors (Lipinski definition) is 3. The van der Waals surface area contributed by atoms with Crippen molar-refractivity contribution < 1.29 is 20.1 Å². The van der Waals surface area contributed by atoms with Crippen LogP contribution in [-0.2, 0) is 4.79 Å². The molecule has 5 atom stereocenters. The van der Waals surface area contributed by atoms with Crippen molar-refractivity contribution in [2.75, 3.05) is 6.61 Å². The van der Waals surface area contributed by atoms with Gasteiger partial charge in [-0.25, -0.2) is 0 Å². The monoisotopic (exact) mass is 336 g/mol. The highest BCUT2D eigenvalue weighted by Gasteiger charge is 2.57. The molecule has 0 aromatic heterocycles. The molecule has 2 saturated carbocycles. The van der Waals surface area contributed by atoms with Crippen LogP contribution in [0.2, 0.25) is 0 Å². The van der Waals surface area contributed by atoms with Gasteiger partial charge in [-0.15, -0.1) is 6.58 Å². The van der Waals surface area contributed by atoms with E-state index in [0.717, 1.165) is 37.7 Å². The van der Waals surface area contributed by atoms with E-state index in [-0.39, 0.29) is 23.9 Å². The van der Waals surface area contributed by atoms with Crippen molar-refractivity contribution in [3.63, 3.8) is 0 Å². The molecule has 2 rings (SSSR count). The highest BCUT2D eigenvalue weighted by Crippen LogP contribution is 2.62. The Morgan fingerprint density at radius 3 is 2.62 bits per heavy atom. The number of carboxylic acid groups (broad SMARTS) is 1. The highest BCUT2D eigenvalue weighted by molar-refractivity contribution is 5.75. The van der Waals surface area contributed by atoms with Crippen LogP contribution in [0.1, 0.15) is 58.8 Å². The molecule has 136 valence electrons. The third kappa shape index (κ3) is 3.06. The van der Waals surface area contributed by atoms with Crippen LogP contribution in [0.4, 0.5) is 0 Å². The Hall–Kier alpha value is -1.13. The Kier molecular flexibility index (Phi) is 5.31. The van der Waals surface area contributed by atoms with Gasteiger partial charge in [0.1, 0.15) is 5.60 Å². The molecule has 0 saturated heterocycles. The normalized spacial score (nSPS) is 38.9. The summed E-state index contributed by atoms with van der Waals surface area (Å²) in [6, 6.07) is 0. The number of hydrogen-bond acceptors (Lipinski definition) is 3. The minimum Gasteiger partial charge on any atom is -0.481 e. The Morgan fingerprint density at radius 2 is 2.08 bits per heavy atom. The lowest BCUT2D eigenvalue weighted by molar-refractivity contribution is -0.164. The number of carboxylic acids is 1. The van der Waals surface area contributed by atoms with Crippen LogP contribution in [-0.4, -0.2) is 33.5 Å². The standard InChI is InChI=1S/C20H32O4/c1-5-20(24,13-21)12-9-15-14(2)7-8-16-18(15,3)10-6-11-19(16,4)17(22)23/h5,15-16,21,24H,1-2,6-13H2,3-4H3,(H,22,23). The van der Waals surface area contributed by atoms with Gasteiger partial charge in [0.2, 0.25) is 0 Å². The van der Waals surface area contributed by atoms with Crippen molar-refractivity contribution >= 4 is 5.97 Å². The average Bonchev–Trinajstić information content (AvgIpc) is 2.53. The summed E-state index contributed by atoms with van der Waals surface area (Å²) < 4.78 is 0. The molecule has 2 aliphatic rings. The Morgan fingerprint density at radius 1 is 1.42 bits per heavy atom. The van der Waals surface area contributed by atoms with E-state index in [1.807, 2.05) is 6.92 Å². The molecule has 0 bridgehead atoms. The first-order chi connectivity index (χ1) is 11.1. The topological polar surface area (TPSA) is 77.8 Å². The van der Waals surface area contributed by atoms with E-state index in [9.17, 15) is 20.1 Å². The van der Waals surface area contributed by atoms with Crippen LogP contribution >= 0.6 is 0 Å². The van der Waals surface area contributed by atoms with Crippen molar-refractivity contribution in [1.29, 1.82) is 0 Å². The summed E-state index contributed by atoms with van der Waals surface area (Å²) in [4.78, 5) is 12.0. The largest absolute Gasteiger partial charge is 0.481 e. The lowest BCUT2D eigenvalue weighted by Gasteiger charge is -2.57. The van der Waals surface area contributed by atoms with Crippen molar-refractivity contribution in [1.82, 2.24) is 0 Å². The molecule has 3 N–H and O–H groups in total. The number of aliphatic hydroxyl groups excluding tert-OH is 1. The zero-order valence-corrected chi connectivity index (χ0v) is 15.1. The third-order valence-corrected chi connectivity index (χ3v) is 7.03. The zero-order chi connectivity index (χ0) is 18.2. The molecule has 2 aliphatic carbocycles. The average molecular weight is 336 g/mol. The molecule has 0 spiro atoms. The number of rotatable bonds is 6. The van der Waals surface area contributed by atoms with Gasteiger partial charge in [0.05, 0.1) is 12.0 Å². The van der Waals surface area contributed by atoms with E-state index in [2.05, 4.69) is 20.1 Å². The number of aliphatic carboxylic acids is 1. The van der Waals surface area contributed by atoms with E-state index in [1.165, 1.54) is 6.08 Å². The van der Waals surface area contributed by atoms with Crippen molar-refractivity contribution in [3.8, 4) is 0 Å². The second-order valence-electron chi connectivity index (χ2n) is 8.39. The van der Waals surface area contributed by atoms with Crippen LogP contribution < -0.4 is 0 Å². The molecular weight excluding hydrogens is 304 g/mol. The number of fused-ring (bicyclic) bond motifs is 1. The summed E-state index contributed by atoms with van der Waals surface area (Å²) >= 11 is 0. The fourth-order valence-electron chi connectivity index (χ4n) is 5.38. The smallest absolute Gasteiger partial charge is 0.309 e. The van der Waals surface area contributed by atoms with E-state index >= 15 is 0 Å². The van der Waals surface area contributed by atoms with E-state index < -0.39 is 17.0 Å². The van der Waals surface area contributed by atoms with Gasteiger partial charge in [0, 0.05) is 0 Å². The van der Waals surface area contributed by atoms with Crippen molar-refractivity contribution in [3.05, 3.63) is 24.8 Å². The molecule has 4 heteroatoms. The predicted molar refractivity (Wildman–Crippen MR) is 94.5 cm³/mol. The summed E-state index contributed by atoms with van der Waals surface area (Å²) in [6.07, 6.45) is 6.88. The molecule has 0 aromatic carbocycles. The van der Waals surface area contributed by atoms with Gasteiger partial charge in [-0.3, -0.25) is 4.79 Å². The molecule has 0 radical (unpaired) electrons. The molecule has 0 amide bonds. The number of carbonyl (C=O) groups is 1. The van der Waals surface area contributed by atoms with Crippen LogP contribution in [0.3, 0.4) is 0 Å². The van der Waals surface area contributed by atoms with Gasteiger partial charge in [-0.1, -0.05) is 31.6 Å². The summed E-state index contributed by atoms with van der Waals surface area (Å²) in [5, 5.41) is 29.6. The van der Waals surface area contributed by atoms with E-state index in [4.69, 9.17) is 0 Å². The van der Waals surface area contributed by atoms with E-state index in [1.54, 1.807) is 0 Å². The maximum Gasteiger partial charge on any atom is 0.309 e. The second-order valence-corrected chi connectivity index (χ2v) is 8.39. The minimum absolute atomic E-state index is 0.113. The van der Waals surface area contributed by atoms with Crippen LogP contribution in [0.15, 0.2) is 24.8 Å². The van der Waals surface area contributed by atoms with Gasteiger partial charge in [0.15, 0.2) is 0 Å². The van der Waals surface area contributed by atoms with Gasteiger partial charge < -0.3 is 15.3 Å². The Bertz CT molecular complexity index is 528. The summed E-state index contributed by atoms with van der Waals surface area (Å²) in [5.41, 5.74) is -0.905. The fraction of sp³-hybridized carbons (Fsp3) is 0.750. The minimum atomic E-state index is -1.27. The van der Waals surface area contributed by atoms with E-state index in [0.29, 0.717) is 12.8 Å². The second kappa shape index (κ2) is 6.64. The maximum atomic E-state index is 12.0. The molecule has 4 nitrogen and oxygen atoms in total. The summed E-state index contributed by atoms with van der Waals surface area (Å²) in [7, 11) is 0. The van der Waals surface area contributed by atoms with Crippen molar-refractivity contribution in [2.24, 2.45) is 22.7 Å². The molecule has 0 heterocycles. The fourth-order valence-corrected chi connectivity index (χ4v) is 5.38. The number of allylic oxidation sites excluding steroid dienone is 1.